The first-order chi connectivity index (χ1) is 14.0. The zero-order valence-corrected chi connectivity index (χ0v) is 16.0. The quantitative estimate of drug-likeness (QED) is 0.599. The lowest BCUT2D eigenvalue weighted by Gasteiger charge is -2.28. The fraction of sp³-hybridized carbons (Fsp3) is 0.261. The van der Waals surface area contributed by atoms with Crippen LogP contribution < -0.4 is 0 Å². The summed E-state index contributed by atoms with van der Waals surface area (Å²) in [7, 11) is 0. The number of rotatable bonds is 6. The van der Waals surface area contributed by atoms with Crippen LogP contribution in [0.4, 0.5) is 0 Å². The average Bonchev–Trinajstić information content (AvgIpc) is 2.97. The standard InChI is InChI=1S/C23H22O6/c1-3-14-23(26)16(2)28-19(15-27-21(24)17-10-6-4-7-11-17)20(23)29-22(25)18-12-8-5-9-13-18/h4-14,16,19-20,26H,1,15H2,2H3. The number of hydrogen-bond donors (Lipinski definition) is 1. The van der Waals surface area contributed by atoms with Crippen molar-refractivity contribution >= 4 is 11.9 Å². The van der Waals surface area contributed by atoms with Crippen molar-refractivity contribution in [2.24, 2.45) is 0 Å². The number of aliphatic hydroxyl groups is 1. The molecule has 6 heteroatoms. The van der Waals surface area contributed by atoms with Crippen LogP contribution in [0.3, 0.4) is 0 Å². The molecule has 4 unspecified atom stereocenters. The zero-order valence-electron chi connectivity index (χ0n) is 16.0. The summed E-state index contributed by atoms with van der Waals surface area (Å²) >= 11 is 0. The molecule has 1 fully saturated rings. The first kappa shape index (κ1) is 20.6. The van der Waals surface area contributed by atoms with E-state index in [-0.39, 0.29) is 6.61 Å². The second-order valence-electron chi connectivity index (χ2n) is 6.71. The minimum Gasteiger partial charge on any atom is -0.459 e. The first-order valence-corrected chi connectivity index (χ1v) is 9.18. The van der Waals surface area contributed by atoms with Gasteiger partial charge in [-0.2, -0.15) is 0 Å². The van der Waals surface area contributed by atoms with Gasteiger partial charge in [-0.1, -0.05) is 43.0 Å². The number of carbonyl (C=O) groups is 2. The molecule has 0 saturated carbocycles. The highest BCUT2D eigenvalue weighted by Crippen LogP contribution is 2.35. The van der Waals surface area contributed by atoms with Crippen LogP contribution in [0.15, 0.2) is 79.0 Å². The SMILES string of the molecule is C=C=CC1(O)C(C)OC(COC(=O)c2ccccc2)C1OC(=O)c1ccccc1. The molecule has 2 aromatic carbocycles. The van der Waals surface area contributed by atoms with Crippen LogP contribution in [0.5, 0.6) is 0 Å². The van der Waals surface area contributed by atoms with Gasteiger partial charge in [0, 0.05) is 0 Å². The van der Waals surface area contributed by atoms with E-state index in [1.54, 1.807) is 67.6 Å². The summed E-state index contributed by atoms with van der Waals surface area (Å²) < 4.78 is 16.7. The maximum Gasteiger partial charge on any atom is 0.338 e. The van der Waals surface area contributed by atoms with E-state index in [9.17, 15) is 14.7 Å². The van der Waals surface area contributed by atoms with Gasteiger partial charge < -0.3 is 19.3 Å². The molecule has 1 heterocycles. The lowest BCUT2D eigenvalue weighted by molar-refractivity contribution is -0.0546. The molecule has 0 radical (unpaired) electrons. The summed E-state index contributed by atoms with van der Waals surface area (Å²) in [6.07, 6.45) is -1.40. The predicted octanol–water partition coefficient (Wildman–Crippen LogP) is 2.93. The number of benzene rings is 2. The van der Waals surface area contributed by atoms with Crippen molar-refractivity contribution in [3.8, 4) is 0 Å². The molecule has 0 amide bonds. The second-order valence-corrected chi connectivity index (χ2v) is 6.71. The van der Waals surface area contributed by atoms with E-state index in [0.29, 0.717) is 11.1 Å². The Balaban J connectivity index is 1.78. The molecule has 0 aliphatic carbocycles. The van der Waals surface area contributed by atoms with Crippen molar-refractivity contribution in [3.63, 3.8) is 0 Å². The molecular formula is C23H22O6. The Morgan fingerprint density at radius 3 is 2.21 bits per heavy atom. The van der Waals surface area contributed by atoms with Crippen LogP contribution in [0.1, 0.15) is 27.6 Å². The minimum absolute atomic E-state index is 0.196. The third-order valence-electron chi connectivity index (χ3n) is 4.79. The van der Waals surface area contributed by atoms with E-state index in [0.717, 1.165) is 0 Å². The largest absolute Gasteiger partial charge is 0.459 e. The Morgan fingerprint density at radius 2 is 1.66 bits per heavy atom. The van der Waals surface area contributed by atoms with Gasteiger partial charge in [0.15, 0.2) is 11.7 Å². The van der Waals surface area contributed by atoms with E-state index in [1.165, 1.54) is 6.08 Å². The maximum absolute atomic E-state index is 12.6. The van der Waals surface area contributed by atoms with Gasteiger partial charge in [-0.25, -0.2) is 9.59 Å². The molecule has 1 N–H and O–H groups in total. The highest BCUT2D eigenvalue weighted by Gasteiger charge is 2.55. The van der Waals surface area contributed by atoms with Gasteiger partial charge in [-0.3, -0.25) is 0 Å². The summed E-state index contributed by atoms with van der Waals surface area (Å²) in [6.45, 7) is 4.93. The van der Waals surface area contributed by atoms with Crippen molar-refractivity contribution in [1.82, 2.24) is 0 Å². The second kappa shape index (κ2) is 8.88. The van der Waals surface area contributed by atoms with Gasteiger partial charge in [0.25, 0.3) is 0 Å². The third kappa shape index (κ3) is 4.46. The molecule has 1 aliphatic heterocycles. The molecule has 0 spiro atoms. The Morgan fingerprint density at radius 1 is 1.10 bits per heavy atom. The molecule has 1 saturated heterocycles. The van der Waals surface area contributed by atoms with E-state index < -0.39 is 35.9 Å². The predicted molar refractivity (Wildman–Crippen MR) is 105 cm³/mol. The van der Waals surface area contributed by atoms with Crippen LogP contribution >= 0.6 is 0 Å². The average molecular weight is 394 g/mol. The van der Waals surface area contributed by atoms with E-state index in [4.69, 9.17) is 14.2 Å². The lowest BCUT2D eigenvalue weighted by Crippen LogP contribution is -2.48. The number of ether oxygens (including phenoxy) is 3. The normalized spacial score (nSPS) is 25.7. The van der Waals surface area contributed by atoms with Gasteiger partial charge in [0.1, 0.15) is 12.7 Å². The van der Waals surface area contributed by atoms with Crippen molar-refractivity contribution in [2.45, 2.75) is 30.8 Å². The molecule has 150 valence electrons. The van der Waals surface area contributed by atoms with E-state index >= 15 is 0 Å². The summed E-state index contributed by atoms with van der Waals surface area (Å²) in [5.74, 6) is -1.16. The van der Waals surface area contributed by atoms with Gasteiger partial charge in [-0.15, -0.1) is 5.73 Å². The smallest absolute Gasteiger partial charge is 0.338 e. The number of carbonyl (C=O) groups excluding carboxylic acids is 2. The molecule has 2 aromatic rings. The molecular weight excluding hydrogens is 372 g/mol. The van der Waals surface area contributed by atoms with Crippen molar-refractivity contribution in [3.05, 3.63) is 90.2 Å². The van der Waals surface area contributed by atoms with Gasteiger partial charge in [0.2, 0.25) is 0 Å². The molecule has 29 heavy (non-hydrogen) atoms. The highest BCUT2D eigenvalue weighted by atomic mass is 16.6. The van der Waals surface area contributed by atoms with E-state index in [2.05, 4.69) is 12.3 Å². The van der Waals surface area contributed by atoms with Crippen LogP contribution in [-0.2, 0) is 14.2 Å². The molecule has 3 rings (SSSR count). The number of hydrogen-bond acceptors (Lipinski definition) is 6. The Kier molecular flexibility index (Phi) is 6.29. The summed E-state index contributed by atoms with van der Waals surface area (Å²) in [5.41, 5.74) is 1.59. The summed E-state index contributed by atoms with van der Waals surface area (Å²) in [6, 6.07) is 16.9. The topological polar surface area (TPSA) is 82.1 Å². The minimum atomic E-state index is -1.66. The number of esters is 2. The third-order valence-corrected chi connectivity index (χ3v) is 4.79. The fourth-order valence-corrected chi connectivity index (χ4v) is 3.20. The van der Waals surface area contributed by atoms with Gasteiger partial charge in [-0.05, 0) is 37.3 Å². The Hall–Kier alpha value is -3.18. The molecule has 1 aliphatic rings. The van der Waals surface area contributed by atoms with Crippen molar-refractivity contribution in [1.29, 1.82) is 0 Å². The zero-order chi connectivity index (χ0) is 20.9. The van der Waals surface area contributed by atoms with Crippen LogP contribution in [0.25, 0.3) is 0 Å². The summed E-state index contributed by atoms with van der Waals surface area (Å²) in [4.78, 5) is 24.8. The lowest BCUT2D eigenvalue weighted by atomic mass is 9.91. The van der Waals surface area contributed by atoms with Crippen LogP contribution in [-0.4, -0.2) is 47.6 Å². The molecule has 6 nitrogen and oxygen atoms in total. The van der Waals surface area contributed by atoms with Crippen LogP contribution in [0, 0.1) is 0 Å². The molecule has 4 atom stereocenters. The van der Waals surface area contributed by atoms with E-state index in [1.807, 2.05) is 0 Å². The first-order valence-electron chi connectivity index (χ1n) is 9.18. The fourth-order valence-electron chi connectivity index (χ4n) is 3.20. The highest BCUT2D eigenvalue weighted by molar-refractivity contribution is 5.90. The van der Waals surface area contributed by atoms with Gasteiger partial charge in [0.05, 0.1) is 17.2 Å². The van der Waals surface area contributed by atoms with Crippen molar-refractivity contribution in [2.75, 3.05) is 6.61 Å². The van der Waals surface area contributed by atoms with Crippen molar-refractivity contribution < 1.29 is 28.9 Å². The monoisotopic (exact) mass is 394 g/mol. The summed E-state index contributed by atoms with van der Waals surface area (Å²) in [5, 5.41) is 11.1. The van der Waals surface area contributed by atoms with Crippen LogP contribution in [0.2, 0.25) is 0 Å². The Labute approximate surface area is 169 Å². The molecule has 0 bridgehead atoms. The Bertz CT molecular complexity index is 903. The maximum atomic E-state index is 12.6. The van der Waals surface area contributed by atoms with Gasteiger partial charge >= 0.3 is 11.9 Å². The molecule has 0 aromatic heterocycles.